The van der Waals surface area contributed by atoms with Gasteiger partial charge in [0.15, 0.2) is 5.78 Å². The second-order valence-corrected chi connectivity index (χ2v) is 5.07. The van der Waals surface area contributed by atoms with Gasteiger partial charge in [-0.05, 0) is 31.4 Å². The Morgan fingerprint density at radius 3 is 2.94 bits per heavy atom. The van der Waals surface area contributed by atoms with Gasteiger partial charge >= 0.3 is 0 Å². The van der Waals surface area contributed by atoms with Gasteiger partial charge < -0.3 is 4.57 Å². The normalized spacial score (nSPS) is 14.6. The number of benzene rings is 1. The lowest BCUT2D eigenvalue weighted by Gasteiger charge is -2.15. The summed E-state index contributed by atoms with van der Waals surface area (Å²) in [6.45, 7) is 2.97. The molecule has 0 radical (unpaired) electrons. The lowest BCUT2D eigenvalue weighted by molar-refractivity contribution is 0.0972. The van der Waals surface area contributed by atoms with E-state index < -0.39 is 0 Å². The molecule has 1 aromatic carbocycles. The molecule has 3 rings (SSSR count). The highest BCUT2D eigenvalue weighted by Crippen LogP contribution is 2.23. The minimum absolute atomic E-state index is 0.305. The number of carbonyl (C=O) groups excluding carboxylic acids is 1. The van der Waals surface area contributed by atoms with Gasteiger partial charge in [0.1, 0.15) is 0 Å². The van der Waals surface area contributed by atoms with Gasteiger partial charge in [0.25, 0.3) is 0 Å². The van der Waals surface area contributed by atoms with Crippen LogP contribution in [0.25, 0.3) is 0 Å². The van der Waals surface area contributed by atoms with Crippen LogP contribution in [0.1, 0.15) is 40.0 Å². The molecule has 0 fully saturated rings. The molecule has 0 unspecified atom stereocenters. The predicted octanol–water partition coefficient (Wildman–Crippen LogP) is 3.36. The minimum Gasteiger partial charge on any atom is -0.346 e. The van der Waals surface area contributed by atoms with Gasteiger partial charge in [-0.15, -0.1) is 0 Å². The van der Waals surface area contributed by atoms with Gasteiger partial charge in [0.2, 0.25) is 0 Å². The van der Waals surface area contributed by atoms with Crippen molar-refractivity contribution in [2.24, 2.45) is 0 Å². The highest BCUT2D eigenvalue weighted by molar-refractivity contribution is 5.98. The van der Waals surface area contributed by atoms with Crippen LogP contribution in [0.3, 0.4) is 0 Å². The van der Waals surface area contributed by atoms with Crippen LogP contribution in [0.15, 0.2) is 36.5 Å². The maximum Gasteiger partial charge on any atom is 0.164 e. The fourth-order valence-corrected chi connectivity index (χ4v) is 2.74. The Labute approximate surface area is 107 Å². The van der Waals surface area contributed by atoms with Gasteiger partial charge in [-0.1, -0.05) is 29.8 Å². The molecule has 2 aromatic rings. The van der Waals surface area contributed by atoms with Crippen molar-refractivity contribution in [3.63, 3.8) is 0 Å². The largest absolute Gasteiger partial charge is 0.346 e. The molecule has 0 amide bonds. The van der Waals surface area contributed by atoms with Crippen molar-refractivity contribution in [2.75, 3.05) is 0 Å². The van der Waals surface area contributed by atoms with Crippen LogP contribution in [-0.4, -0.2) is 10.4 Å². The summed E-state index contributed by atoms with van der Waals surface area (Å²) in [6, 6.07) is 10.5. The molecule has 2 heteroatoms. The lowest BCUT2D eigenvalue weighted by Crippen LogP contribution is -2.13. The Kier molecular flexibility index (Phi) is 2.78. The summed E-state index contributed by atoms with van der Waals surface area (Å²) in [5, 5.41) is 0. The van der Waals surface area contributed by atoms with Crippen LogP contribution < -0.4 is 0 Å². The molecule has 2 nitrogen and oxygen atoms in total. The third-order valence-corrected chi connectivity index (χ3v) is 3.63. The van der Waals surface area contributed by atoms with Crippen molar-refractivity contribution >= 4 is 5.78 Å². The van der Waals surface area contributed by atoms with E-state index in [9.17, 15) is 4.79 Å². The first-order chi connectivity index (χ1) is 8.74. The van der Waals surface area contributed by atoms with Crippen LogP contribution >= 0.6 is 0 Å². The highest BCUT2D eigenvalue weighted by Gasteiger charge is 2.20. The van der Waals surface area contributed by atoms with E-state index in [1.807, 2.05) is 6.07 Å². The zero-order valence-corrected chi connectivity index (χ0v) is 10.6. The maximum absolute atomic E-state index is 11.8. The van der Waals surface area contributed by atoms with Gasteiger partial charge in [-0.3, -0.25) is 4.79 Å². The molecule has 0 N–H and O–H groups in total. The maximum atomic E-state index is 11.8. The second-order valence-electron chi connectivity index (χ2n) is 5.07. The van der Waals surface area contributed by atoms with E-state index >= 15 is 0 Å². The molecule has 0 bridgehead atoms. The van der Waals surface area contributed by atoms with E-state index in [2.05, 4.69) is 42.0 Å². The molecule has 1 heterocycles. The number of hydrogen-bond donors (Lipinski definition) is 0. The molecule has 1 aliphatic rings. The number of aryl methyl sites for hydroxylation is 1. The topological polar surface area (TPSA) is 22.0 Å². The molecular weight excluding hydrogens is 222 g/mol. The lowest BCUT2D eigenvalue weighted by atomic mass is 9.97. The van der Waals surface area contributed by atoms with E-state index in [1.54, 1.807) is 0 Å². The number of aromatic nitrogens is 1. The summed E-state index contributed by atoms with van der Waals surface area (Å²) in [5.41, 5.74) is 4.73. The monoisotopic (exact) mass is 239 g/mol. The molecule has 0 saturated carbocycles. The fraction of sp³-hybridized carbons (Fsp3) is 0.312. The SMILES string of the molecule is Cc1cccc(Cn2ccc3c2CCCC3=O)c1. The number of rotatable bonds is 2. The number of nitrogens with zero attached hydrogens (tertiary/aromatic N) is 1. The molecule has 0 aliphatic heterocycles. The summed E-state index contributed by atoms with van der Waals surface area (Å²) in [5.74, 6) is 0.305. The van der Waals surface area contributed by atoms with Gasteiger partial charge in [-0.25, -0.2) is 0 Å². The summed E-state index contributed by atoms with van der Waals surface area (Å²) < 4.78 is 2.22. The Morgan fingerprint density at radius 1 is 1.22 bits per heavy atom. The Balaban J connectivity index is 1.92. The summed E-state index contributed by atoms with van der Waals surface area (Å²) in [7, 11) is 0. The molecule has 1 aromatic heterocycles. The zero-order valence-electron chi connectivity index (χ0n) is 10.6. The molecule has 18 heavy (non-hydrogen) atoms. The van der Waals surface area contributed by atoms with Crippen molar-refractivity contribution in [1.29, 1.82) is 0 Å². The molecule has 0 saturated heterocycles. The molecular formula is C16H17NO. The third kappa shape index (κ3) is 1.99. The first-order valence-corrected chi connectivity index (χ1v) is 6.51. The van der Waals surface area contributed by atoms with Crippen molar-refractivity contribution in [3.8, 4) is 0 Å². The van der Waals surface area contributed by atoms with E-state index in [4.69, 9.17) is 0 Å². The summed E-state index contributed by atoms with van der Waals surface area (Å²) in [6.07, 6.45) is 4.78. The smallest absolute Gasteiger partial charge is 0.164 e. The fourth-order valence-electron chi connectivity index (χ4n) is 2.74. The molecule has 92 valence electrons. The first kappa shape index (κ1) is 11.3. The predicted molar refractivity (Wildman–Crippen MR) is 72.0 cm³/mol. The minimum atomic E-state index is 0.305. The van der Waals surface area contributed by atoms with Crippen LogP contribution in [-0.2, 0) is 13.0 Å². The Morgan fingerprint density at radius 2 is 2.11 bits per heavy atom. The van der Waals surface area contributed by atoms with Crippen LogP contribution in [0, 0.1) is 6.92 Å². The van der Waals surface area contributed by atoms with E-state index in [0.717, 1.165) is 24.9 Å². The van der Waals surface area contributed by atoms with Gasteiger partial charge in [0.05, 0.1) is 0 Å². The first-order valence-electron chi connectivity index (χ1n) is 6.51. The number of ketones is 1. The van der Waals surface area contributed by atoms with Crippen molar-refractivity contribution < 1.29 is 4.79 Å². The number of Topliss-reactive ketones (excluding diaryl/α,β-unsaturated/α-hetero) is 1. The van der Waals surface area contributed by atoms with E-state index in [0.29, 0.717) is 12.2 Å². The zero-order chi connectivity index (χ0) is 12.5. The second kappa shape index (κ2) is 4.45. The van der Waals surface area contributed by atoms with Gasteiger partial charge in [-0.2, -0.15) is 0 Å². The molecule has 0 atom stereocenters. The van der Waals surface area contributed by atoms with Crippen LogP contribution in [0.5, 0.6) is 0 Å². The van der Waals surface area contributed by atoms with Crippen molar-refractivity contribution in [2.45, 2.75) is 32.7 Å². The molecule has 0 spiro atoms. The highest BCUT2D eigenvalue weighted by atomic mass is 16.1. The number of fused-ring (bicyclic) bond motifs is 1. The number of hydrogen-bond acceptors (Lipinski definition) is 1. The van der Waals surface area contributed by atoms with Crippen LogP contribution in [0.2, 0.25) is 0 Å². The Bertz CT molecular complexity index is 595. The van der Waals surface area contributed by atoms with Gasteiger partial charge in [0, 0.05) is 30.4 Å². The average Bonchev–Trinajstić information content (AvgIpc) is 2.74. The molecule has 1 aliphatic carbocycles. The average molecular weight is 239 g/mol. The summed E-state index contributed by atoms with van der Waals surface area (Å²) >= 11 is 0. The number of carbonyl (C=O) groups is 1. The standard InChI is InChI=1S/C16H17NO/c1-12-4-2-5-13(10-12)11-17-9-8-14-15(17)6-3-7-16(14)18/h2,4-5,8-10H,3,6-7,11H2,1H3. The third-order valence-electron chi connectivity index (χ3n) is 3.63. The van der Waals surface area contributed by atoms with Crippen LogP contribution in [0.4, 0.5) is 0 Å². The summed E-state index contributed by atoms with van der Waals surface area (Å²) in [4.78, 5) is 11.8. The van der Waals surface area contributed by atoms with Crippen molar-refractivity contribution in [3.05, 3.63) is 58.9 Å². The van der Waals surface area contributed by atoms with Crippen molar-refractivity contribution in [1.82, 2.24) is 4.57 Å². The van der Waals surface area contributed by atoms with E-state index in [-0.39, 0.29) is 0 Å². The quantitative estimate of drug-likeness (QED) is 0.787. The van der Waals surface area contributed by atoms with E-state index in [1.165, 1.54) is 16.8 Å². The Hall–Kier alpha value is -1.83.